The minimum absolute atomic E-state index is 0.168. The first-order chi connectivity index (χ1) is 10.6. The molecule has 2 rings (SSSR count). The molecular formula is C17H22N2O2S. The number of hydrogen-bond acceptors (Lipinski definition) is 4. The molecule has 0 aliphatic heterocycles. The van der Waals surface area contributed by atoms with E-state index in [0.717, 1.165) is 24.2 Å². The van der Waals surface area contributed by atoms with Crippen LogP contribution in [0.4, 0.5) is 5.69 Å². The minimum atomic E-state index is -0.662. The van der Waals surface area contributed by atoms with E-state index in [1.54, 1.807) is 0 Å². The third-order valence-corrected chi connectivity index (χ3v) is 4.21. The zero-order valence-corrected chi connectivity index (χ0v) is 13.8. The van der Waals surface area contributed by atoms with Gasteiger partial charge in [0.2, 0.25) is 0 Å². The number of hydrogen-bond donors (Lipinski definition) is 2. The van der Waals surface area contributed by atoms with E-state index < -0.39 is 6.10 Å². The first-order valence-corrected chi connectivity index (χ1v) is 8.35. The Balaban J connectivity index is 1.90. The first-order valence-electron chi connectivity index (χ1n) is 7.41. The molecule has 0 spiro atoms. The number of carbonyl (C=O) groups is 1. The molecule has 1 aromatic heterocycles. The molecule has 0 aliphatic carbocycles. The highest BCUT2D eigenvalue weighted by Gasteiger charge is 2.11. The van der Waals surface area contributed by atoms with Crippen LogP contribution < -0.4 is 10.2 Å². The van der Waals surface area contributed by atoms with Crippen molar-refractivity contribution >= 4 is 22.9 Å². The van der Waals surface area contributed by atoms with Crippen molar-refractivity contribution in [2.75, 3.05) is 25.0 Å². The lowest BCUT2D eigenvalue weighted by molar-refractivity contribution is 0.0916. The van der Waals surface area contributed by atoms with Gasteiger partial charge in [-0.2, -0.15) is 11.3 Å². The summed E-state index contributed by atoms with van der Waals surface area (Å²) in [6.45, 7) is 3.34. The van der Waals surface area contributed by atoms with Crippen LogP contribution in [0.25, 0.3) is 0 Å². The van der Waals surface area contributed by atoms with E-state index in [-0.39, 0.29) is 12.5 Å². The van der Waals surface area contributed by atoms with Gasteiger partial charge in [0.15, 0.2) is 0 Å². The van der Waals surface area contributed by atoms with E-state index in [9.17, 15) is 9.90 Å². The molecule has 1 atom stereocenters. The zero-order chi connectivity index (χ0) is 15.9. The Labute approximate surface area is 135 Å². The molecule has 2 aromatic rings. The maximum absolute atomic E-state index is 12.1. The number of carbonyl (C=O) groups excluding carboxylic acids is 1. The summed E-state index contributed by atoms with van der Waals surface area (Å²) in [6.07, 6.45) is 0.421. The van der Waals surface area contributed by atoms with Crippen LogP contribution in [0.3, 0.4) is 0 Å². The standard InChI is InChI=1S/C17H22N2O2S/c1-3-9-19(2)15-6-4-13(5-7-15)17(21)18-11-16(20)14-8-10-22-12-14/h4-8,10,12,16,20H,3,9,11H2,1-2H3,(H,18,21). The predicted octanol–water partition coefficient (Wildman–Crippen LogP) is 3.06. The highest BCUT2D eigenvalue weighted by molar-refractivity contribution is 7.07. The number of rotatable bonds is 7. The highest BCUT2D eigenvalue weighted by atomic mass is 32.1. The van der Waals surface area contributed by atoms with Crippen molar-refractivity contribution < 1.29 is 9.90 Å². The summed E-state index contributed by atoms with van der Waals surface area (Å²) in [5.41, 5.74) is 2.53. The molecule has 2 N–H and O–H groups in total. The van der Waals surface area contributed by atoms with Crippen molar-refractivity contribution in [1.29, 1.82) is 0 Å². The van der Waals surface area contributed by atoms with E-state index in [2.05, 4.69) is 17.1 Å². The molecule has 0 saturated carbocycles. The fourth-order valence-corrected chi connectivity index (χ4v) is 2.91. The van der Waals surface area contributed by atoms with Crippen molar-refractivity contribution in [3.05, 3.63) is 52.2 Å². The normalized spacial score (nSPS) is 12.0. The van der Waals surface area contributed by atoms with Gasteiger partial charge in [-0.3, -0.25) is 4.79 Å². The SMILES string of the molecule is CCCN(C)c1ccc(C(=O)NCC(O)c2ccsc2)cc1. The van der Waals surface area contributed by atoms with Crippen LogP contribution in [-0.2, 0) is 0 Å². The van der Waals surface area contributed by atoms with Gasteiger partial charge in [0.25, 0.3) is 5.91 Å². The lowest BCUT2D eigenvalue weighted by Gasteiger charge is -2.18. The van der Waals surface area contributed by atoms with Gasteiger partial charge in [-0.05, 0) is 53.1 Å². The second kappa shape index (κ2) is 7.96. The van der Waals surface area contributed by atoms with Crippen molar-refractivity contribution in [1.82, 2.24) is 5.32 Å². The number of aliphatic hydroxyl groups excluding tert-OH is 1. The van der Waals surface area contributed by atoms with Gasteiger partial charge in [0, 0.05) is 31.4 Å². The largest absolute Gasteiger partial charge is 0.387 e. The van der Waals surface area contributed by atoms with Gasteiger partial charge in [0.05, 0.1) is 6.10 Å². The summed E-state index contributed by atoms with van der Waals surface area (Å²) in [4.78, 5) is 14.2. The summed E-state index contributed by atoms with van der Waals surface area (Å²) < 4.78 is 0. The van der Waals surface area contributed by atoms with Gasteiger partial charge in [0.1, 0.15) is 0 Å². The zero-order valence-electron chi connectivity index (χ0n) is 13.0. The number of benzene rings is 1. The van der Waals surface area contributed by atoms with Crippen LogP contribution in [0.15, 0.2) is 41.1 Å². The van der Waals surface area contributed by atoms with Gasteiger partial charge in [-0.1, -0.05) is 6.92 Å². The average molecular weight is 318 g/mol. The maximum atomic E-state index is 12.1. The molecule has 0 bridgehead atoms. The predicted molar refractivity (Wildman–Crippen MR) is 91.6 cm³/mol. The smallest absolute Gasteiger partial charge is 0.251 e. The molecule has 0 aliphatic rings. The Morgan fingerprint density at radius 1 is 1.32 bits per heavy atom. The topological polar surface area (TPSA) is 52.6 Å². The van der Waals surface area contributed by atoms with E-state index in [4.69, 9.17) is 0 Å². The molecule has 0 fully saturated rings. The Morgan fingerprint density at radius 2 is 2.05 bits per heavy atom. The fourth-order valence-electron chi connectivity index (χ4n) is 2.21. The van der Waals surface area contributed by atoms with Crippen LogP contribution >= 0.6 is 11.3 Å². The van der Waals surface area contributed by atoms with Crippen LogP contribution in [0.2, 0.25) is 0 Å². The Kier molecular flexibility index (Phi) is 5.98. The van der Waals surface area contributed by atoms with Crippen LogP contribution in [0.1, 0.15) is 35.4 Å². The summed E-state index contributed by atoms with van der Waals surface area (Å²) in [6, 6.07) is 9.38. The second-order valence-corrected chi connectivity index (χ2v) is 6.03. The third kappa shape index (κ3) is 4.32. The number of anilines is 1. The molecule has 22 heavy (non-hydrogen) atoms. The van der Waals surface area contributed by atoms with Gasteiger partial charge in [-0.15, -0.1) is 0 Å². The minimum Gasteiger partial charge on any atom is -0.387 e. The molecule has 1 heterocycles. The van der Waals surface area contributed by atoms with E-state index in [0.29, 0.717) is 5.56 Å². The summed E-state index contributed by atoms with van der Waals surface area (Å²) in [5.74, 6) is -0.168. The van der Waals surface area contributed by atoms with Gasteiger partial charge in [-0.25, -0.2) is 0 Å². The van der Waals surface area contributed by atoms with Crippen LogP contribution in [-0.4, -0.2) is 31.2 Å². The number of thiophene rings is 1. The summed E-state index contributed by atoms with van der Waals surface area (Å²) >= 11 is 1.53. The van der Waals surface area contributed by atoms with Crippen LogP contribution in [0, 0.1) is 0 Å². The average Bonchev–Trinajstić information content (AvgIpc) is 3.07. The number of aliphatic hydroxyl groups is 1. The molecule has 0 radical (unpaired) electrons. The number of nitrogens with zero attached hydrogens (tertiary/aromatic N) is 1. The van der Waals surface area contributed by atoms with Crippen molar-refractivity contribution in [3.63, 3.8) is 0 Å². The Bertz CT molecular complexity index is 581. The van der Waals surface area contributed by atoms with E-state index >= 15 is 0 Å². The molecule has 5 heteroatoms. The number of nitrogens with one attached hydrogen (secondary N) is 1. The van der Waals surface area contributed by atoms with Crippen molar-refractivity contribution in [2.45, 2.75) is 19.4 Å². The fraction of sp³-hybridized carbons (Fsp3) is 0.353. The molecule has 1 amide bonds. The molecule has 4 nitrogen and oxygen atoms in total. The molecule has 0 saturated heterocycles. The monoisotopic (exact) mass is 318 g/mol. The van der Waals surface area contributed by atoms with Crippen molar-refractivity contribution in [3.8, 4) is 0 Å². The first kappa shape index (κ1) is 16.5. The summed E-state index contributed by atoms with van der Waals surface area (Å²) in [5, 5.41) is 16.5. The summed E-state index contributed by atoms with van der Waals surface area (Å²) in [7, 11) is 2.04. The molecular weight excluding hydrogens is 296 g/mol. The lowest BCUT2D eigenvalue weighted by atomic mass is 10.1. The molecule has 118 valence electrons. The molecule has 1 unspecified atom stereocenters. The highest BCUT2D eigenvalue weighted by Crippen LogP contribution is 2.16. The third-order valence-electron chi connectivity index (χ3n) is 3.51. The van der Waals surface area contributed by atoms with Gasteiger partial charge < -0.3 is 15.3 Å². The number of amides is 1. The van der Waals surface area contributed by atoms with E-state index in [1.165, 1.54) is 11.3 Å². The Morgan fingerprint density at radius 3 is 2.64 bits per heavy atom. The van der Waals surface area contributed by atoms with Crippen LogP contribution in [0.5, 0.6) is 0 Å². The lowest BCUT2D eigenvalue weighted by Crippen LogP contribution is -2.28. The molecule has 1 aromatic carbocycles. The van der Waals surface area contributed by atoms with Gasteiger partial charge >= 0.3 is 0 Å². The maximum Gasteiger partial charge on any atom is 0.251 e. The Hall–Kier alpha value is -1.85. The quantitative estimate of drug-likeness (QED) is 0.825. The van der Waals surface area contributed by atoms with Crippen molar-refractivity contribution in [2.24, 2.45) is 0 Å². The van der Waals surface area contributed by atoms with E-state index in [1.807, 2.05) is 48.1 Å². The second-order valence-electron chi connectivity index (χ2n) is 5.25.